The van der Waals surface area contributed by atoms with Crippen LogP contribution in [0.4, 0.5) is 10.2 Å². The highest BCUT2D eigenvalue weighted by atomic mass is 19.1. The first-order valence-corrected chi connectivity index (χ1v) is 8.03. The minimum Gasteiger partial charge on any atom is -0.477 e. The monoisotopic (exact) mass is 339 g/mol. The average Bonchev–Trinajstić information content (AvgIpc) is 2.65. The van der Waals surface area contributed by atoms with Crippen LogP contribution >= 0.6 is 0 Å². The second kappa shape index (κ2) is 7.25. The molecule has 0 saturated heterocycles. The molecule has 3 rings (SSSR count). The number of fused-ring (bicyclic) bond motifs is 1. The van der Waals surface area contributed by atoms with Gasteiger partial charge in [0.1, 0.15) is 5.69 Å². The Hall–Kier alpha value is -3.02. The molecule has 0 spiro atoms. The van der Waals surface area contributed by atoms with E-state index in [9.17, 15) is 9.18 Å². The highest BCUT2D eigenvalue weighted by molar-refractivity contribution is 6.06. The summed E-state index contributed by atoms with van der Waals surface area (Å²) < 4.78 is 19.6. The number of halogens is 1. The third-order valence-electron chi connectivity index (χ3n) is 3.73. The Bertz CT molecular complexity index is 914. The molecule has 0 radical (unpaired) electrons. The lowest BCUT2D eigenvalue weighted by atomic mass is 10.1. The zero-order valence-electron chi connectivity index (χ0n) is 14.1. The third-order valence-corrected chi connectivity index (χ3v) is 3.73. The van der Waals surface area contributed by atoms with Crippen LogP contribution in [0.2, 0.25) is 0 Å². The fraction of sp³-hybridized carbons (Fsp3) is 0.211. The average molecular weight is 339 g/mol. The van der Waals surface area contributed by atoms with E-state index in [2.05, 4.69) is 9.97 Å². The van der Waals surface area contributed by atoms with Crippen LogP contribution in [-0.4, -0.2) is 29.5 Å². The number of carbonyl (C=O) groups excluding carboxylic acids is 1. The number of aromatic nitrogens is 2. The van der Waals surface area contributed by atoms with Crippen LogP contribution in [0.25, 0.3) is 10.8 Å². The lowest BCUT2D eigenvalue weighted by Crippen LogP contribution is -2.29. The molecule has 0 bridgehead atoms. The number of benzene rings is 1. The smallest absolute Gasteiger partial charge is 0.278 e. The van der Waals surface area contributed by atoms with E-state index in [1.54, 1.807) is 6.07 Å². The highest BCUT2D eigenvalue weighted by Crippen LogP contribution is 2.26. The van der Waals surface area contributed by atoms with Crippen LogP contribution in [0.3, 0.4) is 0 Å². The van der Waals surface area contributed by atoms with E-state index in [1.807, 2.05) is 31.2 Å². The van der Waals surface area contributed by atoms with Crippen molar-refractivity contribution >= 4 is 22.5 Å². The number of hydrogen-bond donors (Lipinski definition) is 0. The molecule has 2 aromatic heterocycles. The van der Waals surface area contributed by atoms with E-state index in [0.717, 1.165) is 22.1 Å². The summed E-state index contributed by atoms with van der Waals surface area (Å²) in [6.45, 7) is 2.49. The Morgan fingerprint density at radius 2 is 2.04 bits per heavy atom. The molecule has 6 heteroatoms. The second-order valence-corrected chi connectivity index (χ2v) is 5.56. The van der Waals surface area contributed by atoms with Gasteiger partial charge in [-0.25, -0.2) is 14.4 Å². The zero-order valence-corrected chi connectivity index (χ0v) is 14.1. The number of nitrogens with zero attached hydrogens (tertiary/aromatic N) is 3. The lowest BCUT2D eigenvalue weighted by Gasteiger charge is -2.17. The predicted octanol–water partition coefficient (Wildman–Crippen LogP) is 3.83. The molecule has 0 aliphatic carbocycles. The summed E-state index contributed by atoms with van der Waals surface area (Å²) in [4.78, 5) is 22.2. The summed E-state index contributed by atoms with van der Waals surface area (Å²) in [7, 11) is 1.47. The summed E-state index contributed by atoms with van der Waals surface area (Å²) in [6.07, 6.45) is 2.26. The van der Waals surface area contributed by atoms with Gasteiger partial charge in [-0.3, -0.25) is 9.69 Å². The van der Waals surface area contributed by atoms with Gasteiger partial charge in [-0.15, -0.1) is 0 Å². The van der Waals surface area contributed by atoms with Crippen LogP contribution in [0, 0.1) is 5.82 Å². The van der Waals surface area contributed by atoms with Crippen LogP contribution in [-0.2, 0) is 0 Å². The molecule has 2 heterocycles. The Morgan fingerprint density at radius 1 is 1.24 bits per heavy atom. The first-order valence-electron chi connectivity index (χ1n) is 8.03. The van der Waals surface area contributed by atoms with Gasteiger partial charge in [0.25, 0.3) is 5.91 Å². The number of amides is 1. The van der Waals surface area contributed by atoms with Crippen molar-refractivity contribution in [2.24, 2.45) is 0 Å². The first-order chi connectivity index (χ1) is 12.1. The van der Waals surface area contributed by atoms with Crippen molar-refractivity contribution in [1.29, 1.82) is 0 Å². The van der Waals surface area contributed by atoms with Crippen LogP contribution in [0.1, 0.15) is 23.8 Å². The third kappa shape index (κ3) is 3.42. The molecule has 1 aromatic carbocycles. The van der Waals surface area contributed by atoms with Crippen molar-refractivity contribution in [3.8, 4) is 5.88 Å². The number of pyridine rings is 2. The number of rotatable bonds is 5. The van der Waals surface area contributed by atoms with E-state index >= 15 is 0 Å². The van der Waals surface area contributed by atoms with Gasteiger partial charge < -0.3 is 4.74 Å². The van der Waals surface area contributed by atoms with Gasteiger partial charge in [-0.2, -0.15) is 0 Å². The molecular formula is C19H18FN3O2. The molecule has 0 atom stereocenters. The normalized spacial score (nSPS) is 10.7. The number of carbonyl (C=O) groups is 1. The number of hydrogen-bond acceptors (Lipinski definition) is 4. The molecule has 0 N–H and O–H groups in total. The number of anilines is 1. The Balaban J connectivity index is 2.02. The minimum atomic E-state index is -0.568. The zero-order chi connectivity index (χ0) is 17.8. The van der Waals surface area contributed by atoms with Crippen molar-refractivity contribution in [3.63, 3.8) is 0 Å². The van der Waals surface area contributed by atoms with Crippen molar-refractivity contribution in [2.45, 2.75) is 13.3 Å². The van der Waals surface area contributed by atoms with Crippen LogP contribution in [0.15, 0.2) is 48.7 Å². The largest absolute Gasteiger partial charge is 0.477 e. The maximum atomic E-state index is 13.9. The van der Waals surface area contributed by atoms with E-state index in [1.165, 1.54) is 25.4 Å². The number of ether oxygens (including phenoxy) is 1. The highest BCUT2D eigenvalue weighted by Gasteiger charge is 2.20. The van der Waals surface area contributed by atoms with Crippen LogP contribution < -0.4 is 9.64 Å². The van der Waals surface area contributed by atoms with Crippen LogP contribution in [0.5, 0.6) is 5.88 Å². The molecule has 3 aromatic rings. The Morgan fingerprint density at radius 3 is 2.80 bits per heavy atom. The van der Waals surface area contributed by atoms with Gasteiger partial charge in [0.2, 0.25) is 5.88 Å². The Kier molecular flexibility index (Phi) is 4.88. The first kappa shape index (κ1) is 16.8. The van der Waals surface area contributed by atoms with E-state index in [-0.39, 0.29) is 11.5 Å². The topological polar surface area (TPSA) is 55.3 Å². The van der Waals surface area contributed by atoms with Crippen molar-refractivity contribution in [1.82, 2.24) is 9.97 Å². The Labute approximate surface area is 145 Å². The van der Waals surface area contributed by atoms with Gasteiger partial charge in [0.05, 0.1) is 6.61 Å². The van der Waals surface area contributed by atoms with E-state index < -0.39 is 11.7 Å². The molecule has 0 saturated carbocycles. The molecular weight excluding hydrogens is 321 g/mol. The summed E-state index contributed by atoms with van der Waals surface area (Å²) in [5, 5.41) is 1.67. The molecule has 0 aliphatic heterocycles. The fourth-order valence-corrected chi connectivity index (χ4v) is 2.48. The summed E-state index contributed by atoms with van der Waals surface area (Å²) in [5.74, 6) is -0.664. The van der Waals surface area contributed by atoms with Gasteiger partial charge >= 0.3 is 0 Å². The molecule has 0 unspecified atom stereocenters. The standard InChI is InChI=1S/C19H18FN3O2/c1-3-11-25-18-14-8-5-4-7-13(14)12-16(22-18)19(24)23(2)17-15(20)9-6-10-21-17/h4-10,12H,3,11H2,1-2H3. The van der Waals surface area contributed by atoms with Crippen molar-refractivity contribution in [3.05, 3.63) is 60.2 Å². The van der Waals surface area contributed by atoms with Gasteiger partial charge in [0, 0.05) is 18.6 Å². The lowest BCUT2D eigenvalue weighted by molar-refractivity contribution is 0.0985. The maximum absolute atomic E-state index is 13.9. The summed E-state index contributed by atoms with van der Waals surface area (Å²) in [6, 6.07) is 11.9. The summed E-state index contributed by atoms with van der Waals surface area (Å²) in [5.41, 5.74) is 0.178. The molecule has 0 fully saturated rings. The quantitative estimate of drug-likeness (QED) is 0.709. The molecule has 25 heavy (non-hydrogen) atoms. The second-order valence-electron chi connectivity index (χ2n) is 5.56. The van der Waals surface area contributed by atoms with Crippen molar-refractivity contribution < 1.29 is 13.9 Å². The minimum absolute atomic E-state index is 0.0431. The molecule has 1 amide bonds. The maximum Gasteiger partial charge on any atom is 0.278 e. The SMILES string of the molecule is CCCOc1nc(C(=O)N(C)c2ncccc2F)cc2ccccc12. The van der Waals surface area contributed by atoms with Gasteiger partial charge in [-0.05, 0) is 36.1 Å². The van der Waals surface area contributed by atoms with Crippen molar-refractivity contribution in [2.75, 3.05) is 18.6 Å². The fourth-order valence-electron chi connectivity index (χ4n) is 2.48. The molecule has 0 aliphatic rings. The van der Waals surface area contributed by atoms with E-state index in [0.29, 0.717) is 12.5 Å². The predicted molar refractivity (Wildman–Crippen MR) is 94.5 cm³/mol. The van der Waals surface area contributed by atoms with E-state index in [4.69, 9.17) is 4.74 Å². The van der Waals surface area contributed by atoms with Gasteiger partial charge in [-0.1, -0.05) is 25.1 Å². The summed E-state index contributed by atoms with van der Waals surface area (Å²) >= 11 is 0. The molecule has 128 valence electrons. The molecule has 5 nitrogen and oxygen atoms in total. The van der Waals surface area contributed by atoms with Gasteiger partial charge in [0.15, 0.2) is 11.6 Å².